The maximum atomic E-state index is 3.42. The Morgan fingerprint density at radius 1 is 1.46 bits per heavy atom. The van der Waals surface area contributed by atoms with Crippen LogP contribution in [0.25, 0.3) is 5.57 Å². The smallest absolute Gasteiger partial charge is 0.00661 e. The third-order valence-corrected chi connectivity index (χ3v) is 2.49. The van der Waals surface area contributed by atoms with Crippen molar-refractivity contribution in [3.05, 3.63) is 41.5 Å². The Balaban J connectivity index is 2.82. The summed E-state index contributed by atoms with van der Waals surface area (Å²) in [5, 5.41) is 1.04. The first-order valence-corrected chi connectivity index (χ1v) is 5.66. The van der Waals surface area contributed by atoms with Gasteiger partial charge in [0.05, 0.1) is 0 Å². The zero-order chi connectivity index (χ0) is 9.68. The lowest BCUT2D eigenvalue weighted by Crippen LogP contribution is -1.81. The van der Waals surface area contributed by atoms with Crippen LogP contribution in [0, 0.1) is 6.92 Å². The molecule has 70 valence electrons. The van der Waals surface area contributed by atoms with E-state index in [2.05, 4.69) is 60.1 Å². The van der Waals surface area contributed by atoms with E-state index in [9.17, 15) is 0 Å². The molecular formula is C12H15Br. The highest BCUT2D eigenvalue weighted by Gasteiger charge is 1.94. The van der Waals surface area contributed by atoms with Gasteiger partial charge in [-0.05, 0) is 31.4 Å². The molecular weight excluding hydrogens is 224 g/mol. The van der Waals surface area contributed by atoms with E-state index in [1.54, 1.807) is 0 Å². The summed E-state index contributed by atoms with van der Waals surface area (Å²) in [6, 6.07) is 8.62. The fourth-order valence-corrected chi connectivity index (χ4v) is 1.51. The van der Waals surface area contributed by atoms with Gasteiger partial charge < -0.3 is 0 Å². The number of aryl methyl sites for hydroxylation is 1. The van der Waals surface area contributed by atoms with Gasteiger partial charge in [-0.15, -0.1) is 0 Å². The summed E-state index contributed by atoms with van der Waals surface area (Å²) in [6.07, 6.45) is 3.36. The fourth-order valence-electron chi connectivity index (χ4n) is 1.28. The van der Waals surface area contributed by atoms with Gasteiger partial charge in [0, 0.05) is 5.33 Å². The van der Waals surface area contributed by atoms with E-state index in [0.717, 1.165) is 11.8 Å². The summed E-state index contributed by atoms with van der Waals surface area (Å²) < 4.78 is 0. The first kappa shape index (κ1) is 10.5. The summed E-state index contributed by atoms with van der Waals surface area (Å²) in [4.78, 5) is 0. The van der Waals surface area contributed by atoms with Gasteiger partial charge in [-0.1, -0.05) is 51.8 Å². The molecule has 0 aliphatic carbocycles. The number of hydrogen-bond acceptors (Lipinski definition) is 0. The van der Waals surface area contributed by atoms with Crippen molar-refractivity contribution >= 4 is 21.5 Å². The Labute approximate surface area is 88.8 Å². The van der Waals surface area contributed by atoms with E-state index in [0.29, 0.717) is 0 Å². The van der Waals surface area contributed by atoms with Crippen LogP contribution in [0.1, 0.15) is 24.5 Å². The number of rotatable bonds is 3. The Hall–Kier alpha value is -0.560. The number of halogens is 1. The van der Waals surface area contributed by atoms with Crippen molar-refractivity contribution in [2.24, 2.45) is 0 Å². The van der Waals surface area contributed by atoms with Crippen LogP contribution >= 0.6 is 15.9 Å². The monoisotopic (exact) mass is 238 g/mol. The van der Waals surface area contributed by atoms with Crippen LogP contribution in [0.2, 0.25) is 0 Å². The van der Waals surface area contributed by atoms with Gasteiger partial charge in [-0.2, -0.15) is 0 Å². The predicted molar refractivity (Wildman–Crippen MR) is 63.2 cm³/mol. The van der Waals surface area contributed by atoms with Crippen molar-refractivity contribution in [1.29, 1.82) is 0 Å². The van der Waals surface area contributed by atoms with Gasteiger partial charge >= 0.3 is 0 Å². The van der Waals surface area contributed by atoms with Crippen LogP contribution in [0.5, 0.6) is 0 Å². The van der Waals surface area contributed by atoms with Crippen molar-refractivity contribution in [2.45, 2.75) is 20.3 Å². The van der Waals surface area contributed by atoms with Crippen LogP contribution in [-0.4, -0.2) is 5.33 Å². The number of allylic oxidation sites excluding steroid dienone is 2. The van der Waals surface area contributed by atoms with Crippen molar-refractivity contribution in [1.82, 2.24) is 0 Å². The minimum atomic E-state index is 1.04. The van der Waals surface area contributed by atoms with Crippen molar-refractivity contribution < 1.29 is 0 Å². The summed E-state index contributed by atoms with van der Waals surface area (Å²) in [7, 11) is 0. The zero-order valence-electron chi connectivity index (χ0n) is 8.18. The quantitative estimate of drug-likeness (QED) is 0.694. The summed E-state index contributed by atoms with van der Waals surface area (Å²) in [6.45, 7) is 4.29. The van der Waals surface area contributed by atoms with Gasteiger partial charge in [0.15, 0.2) is 0 Å². The first-order valence-electron chi connectivity index (χ1n) is 4.54. The van der Waals surface area contributed by atoms with E-state index in [1.165, 1.54) is 16.7 Å². The largest absolute Gasteiger partial charge is 0.0925 e. The lowest BCUT2D eigenvalue weighted by Gasteiger charge is -2.02. The summed E-state index contributed by atoms with van der Waals surface area (Å²) >= 11 is 3.42. The summed E-state index contributed by atoms with van der Waals surface area (Å²) in [5.74, 6) is 0. The average Bonchev–Trinajstić information content (AvgIpc) is 2.14. The molecule has 0 aromatic heterocycles. The maximum Gasteiger partial charge on any atom is 0.00661 e. The van der Waals surface area contributed by atoms with Crippen LogP contribution in [0.15, 0.2) is 30.3 Å². The van der Waals surface area contributed by atoms with E-state index in [-0.39, 0.29) is 0 Å². The molecule has 0 saturated heterocycles. The fraction of sp³-hybridized carbons (Fsp3) is 0.333. The number of hydrogen-bond donors (Lipinski definition) is 0. The molecule has 0 heterocycles. The standard InChI is InChI=1S/C12H15Br/c1-10-5-3-7-12(9-10)11(2)6-4-8-13/h3,5-7,9H,4,8H2,1-2H3/b11-6+. The Bertz CT molecular complexity index is 300. The molecule has 1 aromatic rings. The molecule has 0 spiro atoms. The molecule has 0 N–H and O–H groups in total. The van der Waals surface area contributed by atoms with Crippen molar-refractivity contribution in [2.75, 3.05) is 5.33 Å². The molecule has 1 rings (SSSR count). The van der Waals surface area contributed by atoms with Gasteiger partial charge in [-0.25, -0.2) is 0 Å². The minimum absolute atomic E-state index is 1.04. The van der Waals surface area contributed by atoms with Crippen LogP contribution < -0.4 is 0 Å². The SMILES string of the molecule is C/C(=C\CCBr)c1cccc(C)c1. The van der Waals surface area contributed by atoms with Crippen LogP contribution in [0.4, 0.5) is 0 Å². The van der Waals surface area contributed by atoms with Crippen molar-refractivity contribution in [3.8, 4) is 0 Å². The topological polar surface area (TPSA) is 0 Å². The Morgan fingerprint density at radius 2 is 2.23 bits per heavy atom. The highest BCUT2D eigenvalue weighted by atomic mass is 79.9. The van der Waals surface area contributed by atoms with Crippen LogP contribution in [0.3, 0.4) is 0 Å². The van der Waals surface area contributed by atoms with E-state index in [4.69, 9.17) is 0 Å². The molecule has 0 atom stereocenters. The lowest BCUT2D eigenvalue weighted by atomic mass is 10.0. The molecule has 1 aromatic carbocycles. The highest BCUT2D eigenvalue weighted by molar-refractivity contribution is 9.09. The minimum Gasteiger partial charge on any atom is -0.0925 e. The Kier molecular flexibility index (Phi) is 4.23. The Morgan fingerprint density at radius 3 is 2.85 bits per heavy atom. The molecule has 0 unspecified atom stereocenters. The lowest BCUT2D eigenvalue weighted by molar-refractivity contribution is 1.25. The molecule has 0 aliphatic rings. The van der Waals surface area contributed by atoms with E-state index < -0.39 is 0 Å². The van der Waals surface area contributed by atoms with Gasteiger partial charge in [-0.3, -0.25) is 0 Å². The van der Waals surface area contributed by atoms with Gasteiger partial charge in [0.2, 0.25) is 0 Å². The number of benzene rings is 1. The second-order valence-electron chi connectivity index (χ2n) is 3.23. The molecule has 0 fully saturated rings. The first-order chi connectivity index (χ1) is 6.24. The zero-order valence-corrected chi connectivity index (χ0v) is 9.76. The molecule has 0 nitrogen and oxygen atoms in total. The van der Waals surface area contributed by atoms with E-state index in [1.807, 2.05) is 0 Å². The molecule has 0 radical (unpaired) electrons. The van der Waals surface area contributed by atoms with Gasteiger partial charge in [0.25, 0.3) is 0 Å². The molecule has 1 heteroatoms. The second-order valence-corrected chi connectivity index (χ2v) is 4.03. The van der Waals surface area contributed by atoms with Crippen LogP contribution in [-0.2, 0) is 0 Å². The van der Waals surface area contributed by atoms with Crippen molar-refractivity contribution in [3.63, 3.8) is 0 Å². The average molecular weight is 239 g/mol. The van der Waals surface area contributed by atoms with Gasteiger partial charge in [0.1, 0.15) is 0 Å². The molecule has 0 aliphatic heterocycles. The molecule has 13 heavy (non-hydrogen) atoms. The molecule has 0 saturated carbocycles. The highest BCUT2D eigenvalue weighted by Crippen LogP contribution is 2.15. The normalized spacial score (nSPS) is 11.8. The molecule has 0 amide bonds. The summed E-state index contributed by atoms with van der Waals surface area (Å²) in [5.41, 5.74) is 4.02. The molecule has 0 bridgehead atoms. The van der Waals surface area contributed by atoms with E-state index >= 15 is 0 Å². The third-order valence-electron chi connectivity index (χ3n) is 2.03. The predicted octanol–water partition coefficient (Wildman–Crippen LogP) is 4.18. The second kappa shape index (κ2) is 5.23. The number of alkyl halides is 1. The maximum absolute atomic E-state index is 3.42. The third kappa shape index (κ3) is 3.35.